The highest BCUT2D eigenvalue weighted by atomic mass is 32.1. The Morgan fingerprint density at radius 2 is 2.15 bits per heavy atom. The molecule has 0 radical (unpaired) electrons. The maximum absolute atomic E-state index is 5.49. The molecule has 2 rings (SSSR count). The smallest absolute Gasteiger partial charge is 0.199 e. The van der Waals surface area contributed by atoms with Crippen LogP contribution < -0.4 is 5.73 Å². The van der Waals surface area contributed by atoms with Crippen molar-refractivity contribution in [1.29, 1.82) is 0 Å². The van der Waals surface area contributed by atoms with Gasteiger partial charge < -0.3 is 10.6 Å². The Labute approximate surface area is 81.9 Å². The van der Waals surface area contributed by atoms with Gasteiger partial charge in [-0.2, -0.15) is 4.37 Å². The van der Waals surface area contributed by atoms with Crippen LogP contribution in [0.2, 0.25) is 0 Å². The number of likely N-dealkylation sites (tertiary alicyclic amines) is 1. The summed E-state index contributed by atoms with van der Waals surface area (Å²) in [6.45, 7) is 3.55. The van der Waals surface area contributed by atoms with Crippen LogP contribution in [0.5, 0.6) is 0 Å². The molecule has 0 aliphatic carbocycles. The van der Waals surface area contributed by atoms with E-state index in [0.29, 0.717) is 5.13 Å². The number of hydrogen-bond donors (Lipinski definition) is 1. The molecule has 0 unspecified atom stereocenters. The van der Waals surface area contributed by atoms with Crippen LogP contribution in [0.3, 0.4) is 0 Å². The minimum absolute atomic E-state index is 0.580. The van der Waals surface area contributed by atoms with Crippen molar-refractivity contribution < 1.29 is 0 Å². The second kappa shape index (κ2) is 4.02. The van der Waals surface area contributed by atoms with Gasteiger partial charge in [0.05, 0.1) is 0 Å². The number of hydrogen-bond acceptors (Lipinski definition) is 5. The molecule has 1 aliphatic rings. The zero-order valence-corrected chi connectivity index (χ0v) is 8.39. The summed E-state index contributed by atoms with van der Waals surface area (Å²) in [5.74, 6) is 0.898. The third kappa shape index (κ3) is 2.38. The minimum Gasteiger partial charge on any atom is -0.374 e. The maximum atomic E-state index is 5.49. The summed E-state index contributed by atoms with van der Waals surface area (Å²) >= 11 is 1.29. The van der Waals surface area contributed by atoms with E-state index in [1.54, 1.807) is 0 Å². The zero-order valence-electron chi connectivity index (χ0n) is 7.57. The Morgan fingerprint density at radius 3 is 2.77 bits per heavy atom. The molecule has 1 saturated heterocycles. The van der Waals surface area contributed by atoms with Crippen molar-refractivity contribution in [2.45, 2.75) is 19.3 Å². The standard InChI is InChI=1S/C8H14N4S/c9-8-10-7(11-13-8)3-6-12-4-1-2-5-12/h1-6H2,(H2,9,10,11). The molecule has 0 atom stereocenters. The summed E-state index contributed by atoms with van der Waals surface area (Å²) in [6, 6.07) is 0. The summed E-state index contributed by atoms with van der Waals surface area (Å²) in [7, 11) is 0. The van der Waals surface area contributed by atoms with E-state index in [4.69, 9.17) is 5.73 Å². The second-order valence-electron chi connectivity index (χ2n) is 3.35. The summed E-state index contributed by atoms with van der Waals surface area (Å²) in [4.78, 5) is 6.59. The van der Waals surface area contributed by atoms with E-state index >= 15 is 0 Å². The molecule has 0 spiro atoms. The van der Waals surface area contributed by atoms with Crippen molar-refractivity contribution in [2.24, 2.45) is 0 Å². The highest BCUT2D eigenvalue weighted by molar-refractivity contribution is 7.09. The van der Waals surface area contributed by atoms with E-state index in [2.05, 4.69) is 14.3 Å². The van der Waals surface area contributed by atoms with Gasteiger partial charge in [0.1, 0.15) is 5.82 Å². The first-order valence-corrected chi connectivity index (χ1v) is 5.42. The van der Waals surface area contributed by atoms with E-state index in [9.17, 15) is 0 Å². The number of anilines is 1. The van der Waals surface area contributed by atoms with E-state index in [1.165, 1.54) is 37.5 Å². The molecule has 5 heteroatoms. The lowest BCUT2D eigenvalue weighted by atomic mass is 10.4. The van der Waals surface area contributed by atoms with Crippen LogP contribution in [0.15, 0.2) is 0 Å². The second-order valence-corrected chi connectivity index (χ2v) is 4.13. The SMILES string of the molecule is Nc1nc(CCN2CCCC2)ns1. The number of aromatic nitrogens is 2. The van der Waals surface area contributed by atoms with Crippen LogP contribution in [-0.2, 0) is 6.42 Å². The summed E-state index contributed by atoms with van der Waals surface area (Å²) in [5, 5.41) is 0.580. The van der Waals surface area contributed by atoms with Gasteiger partial charge >= 0.3 is 0 Å². The highest BCUT2D eigenvalue weighted by Gasteiger charge is 2.11. The van der Waals surface area contributed by atoms with Gasteiger partial charge in [-0.25, -0.2) is 4.98 Å². The van der Waals surface area contributed by atoms with Crippen molar-refractivity contribution in [3.63, 3.8) is 0 Å². The maximum Gasteiger partial charge on any atom is 0.199 e. The monoisotopic (exact) mass is 198 g/mol. The first-order valence-electron chi connectivity index (χ1n) is 4.65. The van der Waals surface area contributed by atoms with E-state index in [1.807, 2.05) is 0 Å². The third-order valence-electron chi connectivity index (χ3n) is 2.33. The number of rotatable bonds is 3. The number of nitrogen functional groups attached to an aromatic ring is 1. The molecule has 13 heavy (non-hydrogen) atoms. The molecular weight excluding hydrogens is 184 g/mol. The van der Waals surface area contributed by atoms with Crippen LogP contribution >= 0.6 is 11.5 Å². The van der Waals surface area contributed by atoms with Crippen LogP contribution in [0, 0.1) is 0 Å². The van der Waals surface area contributed by atoms with Crippen molar-refractivity contribution in [1.82, 2.24) is 14.3 Å². The van der Waals surface area contributed by atoms with Crippen molar-refractivity contribution >= 4 is 16.7 Å². The van der Waals surface area contributed by atoms with Crippen molar-refractivity contribution in [3.05, 3.63) is 5.82 Å². The molecule has 0 amide bonds. The zero-order chi connectivity index (χ0) is 9.10. The Balaban J connectivity index is 1.78. The third-order valence-corrected chi connectivity index (χ3v) is 2.91. The first-order chi connectivity index (χ1) is 6.34. The molecule has 1 fully saturated rings. The molecule has 1 aliphatic heterocycles. The molecule has 1 aromatic rings. The number of nitrogens with zero attached hydrogens (tertiary/aromatic N) is 3. The quantitative estimate of drug-likeness (QED) is 0.779. The summed E-state index contributed by atoms with van der Waals surface area (Å²) in [5.41, 5.74) is 5.49. The van der Waals surface area contributed by atoms with E-state index < -0.39 is 0 Å². The van der Waals surface area contributed by atoms with E-state index in [-0.39, 0.29) is 0 Å². The Kier molecular flexibility index (Phi) is 2.75. The molecular formula is C8H14N4S. The molecule has 4 nitrogen and oxygen atoms in total. The van der Waals surface area contributed by atoms with E-state index in [0.717, 1.165) is 18.8 Å². The lowest BCUT2D eigenvalue weighted by Gasteiger charge is -2.12. The Morgan fingerprint density at radius 1 is 1.38 bits per heavy atom. The van der Waals surface area contributed by atoms with Gasteiger partial charge in [0.2, 0.25) is 0 Å². The predicted molar refractivity (Wildman–Crippen MR) is 53.7 cm³/mol. The van der Waals surface area contributed by atoms with Gasteiger partial charge in [0, 0.05) is 24.5 Å². The average Bonchev–Trinajstić information content (AvgIpc) is 2.71. The average molecular weight is 198 g/mol. The van der Waals surface area contributed by atoms with Gasteiger partial charge in [0.15, 0.2) is 5.13 Å². The minimum atomic E-state index is 0.580. The molecule has 0 aromatic carbocycles. The van der Waals surface area contributed by atoms with Crippen LogP contribution in [0.4, 0.5) is 5.13 Å². The van der Waals surface area contributed by atoms with Crippen molar-refractivity contribution in [2.75, 3.05) is 25.4 Å². The summed E-state index contributed by atoms with van der Waals surface area (Å²) < 4.78 is 4.16. The van der Waals surface area contributed by atoms with Gasteiger partial charge in [-0.3, -0.25) is 0 Å². The Bertz CT molecular complexity index is 267. The fourth-order valence-corrected chi connectivity index (χ4v) is 2.11. The molecule has 2 N–H and O–H groups in total. The van der Waals surface area contributed by atoms with Crippen LogP contribution in [-0.4, -0.2) is 33.9 Å². The summed E-state index contributed by atoms with van der Waals surface area (Å²) in [6.07, 6.45) is 3.62. The lowest BCUT2D eigenvalue weighted by Crippen LogP contribution is -2.22. The fourth-order valence-electron chi connectivity index (χ4n) is 1.63. The van der Waals surface area contributed by atoms with Crippen molar-refractivity contribution in [3.8, 4) is 0 Å². The largest absolute Gasteiger partial charge is 0.374 e. The molecule has 72 valence electrons. The first kappa shape index (κ1) is 8.90. The van der Waals surface area contributed by atoms with Crippen LogP contribution in [0.1, 0.15) is 18.7 Å². The van der Waals surface area contributed by atoms with Gasteiger partial charge in [-0.05, 0) is 25.9 Å². The lowest BCUT2D eigenvalue weighted by molar-refractivity contribution is 0.341. The normalized spacial score (nSPS) is 18.2. The predicted octanol–water partition coefficient (Wildman–Crippen LogP) is 0.759. The molecule has 1 aromatic heterocycles. The molecule has 2 heterocycles. The Hall–Kier alpha value is -0.680. The highest BCUT2D eigenvalue weighted by Crippen LogP contribution is 2.10. The van der Waals surface area contributed by atoms with Gasteiger partial charge in [-0.15, -0.1) is 0 Å². The van der Waals surface area contributed by atoms with Gasteiger partial charge in [-0.1, -0.05) is 0 Å². The fraction of sp³-hybridized carbons (Fsp3) is 0.750. The van der Waals surface area contributed by atoms with Gasteiger partial charge in [0.25, 0.3) is 0 Å². The molecule has 0 saturated carbocycles. The molecule has 0 bridgehead atoms. The number of nitrogens with two attached hydrogens (primary N) is 1. The topological polar surface area (TPSA) is 55.0 Å². The van der Waals surface area contributed by atoms with Crippen LogP contribution in [0.25, 0.3) is 0 Å².